The summed E-state index contributed by atoms with van der Waals surface area (Å²) >= 11 is 5.96. The number of aryl methyl sites for hydroxylation is 1. The number of ether oxygens (including phenoxy) is 1. The number of rotatable bonds is 6. The van der Waals surface area contributed by atoms with Crippen LogP contribution in [0.4, 0.5) is 29.2 Å². The van der Waals surface area contributed by atoms with Gasteiger partial charge in [0.25, 0.3) is 0 Å². The van der Waals surface area contributed by atoms with Gasteiger partial charge in [0.2, 0.25) is 5.95 Å². The van der Waals surface area contributed by atoms with Crippen LogP contribution in [0.15, 0.2) is 36.5 Å². The normalized spacial score (nSPS) is 12.0. The molecule has 0 saturated carbocycles. The molecule has 7 nitrogen and oxygen atoms in total. The van der Waals surface area contributed by atoms with E-state index in [1.165, 1.54) is 16.9 Å². The molecule has 0 aliphatic heterocycles. The van der Waals surface area contributed by atoms with Crippen LogP contribution in [-0.2, 0) is 22.3 Å². The average Bonchev–Trinajstić information content (AvgIpc) is 3.08. The van der Waals surface area contributed by atoms with E-state index in [0.717, 1.165) is 6.07 Å². The topological polar surface area (TPSA) is 81.9 Å². The van der Waals surface area contributed by atoms with Crippen LogP contribution in [0.2, 0.25) is 5.15 Å². The van der Waals surface area contributed by atoms with Gasteiger partial charge in [-0.05, 0) is 51.1 Å². The van der Waals surface area contributed by atoms with Crippen LogP contribution in [0, 0.1) is 5.82 Å². The van der Waals surface area contributed by atoms with Gasteiger partial charge in [-0.1, -0.05) is 11.6 Å². The quantitative estimate of drug-likeness (QED) is 0.277. The fraction of sp³-hybridized carbons (Fsp3) is 0.333. The van der Waals surface area contributed by atoms with Gasteiger partial charge < -0.3 is 10.1 Å². The van der Waals surface area contributed by atoms with Crippen LogP contribution < -0.4 is 5.32 Å². The number of carbonyl (C=O) groups is 1. The molecule has 33 heavy (non-hydrogen) atoms. The zero-order valence-electron chi connectivity index (χ0n) is 17.9. The molecule has 0 aliphatic rings. The Balaban J connectivity index is 1.91. The molecule has 2 aromatic heterocycles. The van der Waals surface area contributed by atoms with E-state index >= 15 is 0 Å². The number of esters is 1. The standard InChI is InChI=1S/C21H20ClF4N5O2/c1-20(2,3)33-17(32)7-9-31-18(12-6-8-27-16(22)10-12)29-19(30-31)28-13-4-5-15(23)14(11-13)21(24,25)26/h4-6,8,10-11H,7,9H2,1-3H3,(H,28,30). The third-order valence-corrected chi connectivity index (χ3v) is 4.34. The van der Waals surface area contributed by atoms with Crippen molar-refractivity contribution >= 4 is 29.2 Å². The maximum atomic E-state index is 13.6. The van der Waals surface area contributed by atoms with Gasteiger partial charge in [-0.15, -0.1) is 5.10 Å². The third kappa shape index (κ3) is 6.64. The smallest absolute Gasteiger partial charge is 0.419 e. The Morgan fingerprint density at radius 2 is 1.91 bits per heavy atom. The summed E-state index contributed by atoms with van der Waals surface area (Å²) in [5.41, 5.74) is -1.62. The summed E-state index contributed by atoms with van der Waals surface area (Å²) in [6, 6.07) is 5.60. The Bertz CT molecular complexity index is 1160. The van der Waals surface area contributed by atoms with Gasteiger partial charge in [-0.3, -0.25) is 4.79 Å². The van der Waals surface area contributed by atoms with Crippen molar-refractivity contribution in [1.29, 1.82) is 0 Å². The Morgan fingerprint density at radius 1 is 1.18 bits per heavy atom. The number of hydrogen-bond acceptors (Lipinski definition) is 6. The molecule has 0 bridgehead atoms. The van der Waals surface area contributed by atoms with Crippen molar-refractivity contribution in [3.8, 4) is 11.4 Å². The van der Waals surface area contributed by atoms with E-state index in [4.69, 9.17) is 16.3 Å². The number of halogens is 5. The molecule has 1 N–H and O–H groups in total. The number of benzene rings is 1. The molecule has 0 fully saturated rings. The van der Waals surface area contributed by atoms with Gasteiger partial charge in [0, 0.05) is 17.4 Å². The van der Waals surface area contributed by atoms with Crippen molar-refractivity contribution in [1.82, 2.24) is 19.7 Å². The number of aromatic nitrogens is 4. The first-order valence-electron chi connectivity index (χ1n) is 9.74. The number of hydrogen-bond donors (Lipinski definition) is 1. The first-order chi connectivity index (χ1) is 15.3. The van der Waals surface area contributed by atoms with Gasteiger partial charge in [-0.2, -0.15) is 18.2 Å². The van der Waals surface area contributed by atoms with Gasteiger partial charge in [0.15, 0.2) is 5.82 Å². The van der Waals surface area contributed by atoms with Gasteiger partial charge in [-0.25, -0.2) is 14.1 Å². The predicted octanol–water partition coefficient (Wildman–Crippen LogP) is 5.63. The highest BCUT2D eigenvalue weighted by atomic mass is 35.5. The second kappa shape index (κ2) is 9.34. The summed E-state index contributed by atoms with van der Waals surface area (Å²) in [6.07, 6.45) is -3.44. The molecule has 0 saturated heterocycles. The van der Waals surface area contributed by atoms with E-state index in [1.807, 2.05) is 0 Å². The summed E-state index contributed by atoms with van der Waals surface area (Å²) < 4.78 is 59.3. The minimum absolute atomic E-state index is 0.0271. The van der Waals surface area contributed by atoms with Crippen LogP contribution in [0.25, 0.3) is 11.4 Å². The monoisotopic (exact) mass is 485 g/mol. The first-order valence-corrected chi connectivity index (χ1v) is 10.1. The number of carbonyl (C=O) groups excluding carboxylic acids is 1. The minimum Gasteiger partial charge on any atom is -0.460 e. The van der Waals surface area contributed by atoms with Crippen molar-refractivity contribution < 1.29 is 27.1 Å². The zero-order valence-corrected chi connectivity index (χ0v) is 18.6. The second-order valence-corrected chi connectivity index (χ2v) is 8.39. The summed E-state index contributed by atoms with van der Waals surface area (Å²) in [5, 5.41) is 7.07. The van der Waals surface area contributed by atoms with Crippen LogP contribution in [0.1, 0.15) is 32.8 Å². The number of alkyl halides is 3. The molecule has 0 spiro atoms. The fourth-order valence-electron chi connectivity index (χ4n) is 2.85. The highest BCUT2D eigenvalue weighted by Crippen LogP contribution is 2.33. The highest BCUT2D eigenvalue weighted by molar-refractivity contribution is 6.29. The number of anilines is 2. The van der Waals surface area contributed by atoms with E-state index in [1.54, 1.807) is 26.8 Å². The molecule has 3 rings (SSSR count). The van der Waals surface area contributed by atoms with Crippen molar-refractivity contribution in [2.24, 2.45) is 0 Å². The maximum Gasteiger partial charge on any atom is 0.419 e. The Morgan fingerprint density at radius 3 is 2.55 bits per heavy atom. The van der Waals surface area contributed by atoms with Gasteiger partial charge in [0.1, 0.15) is 16.6 Å². The lowest BCUT2D eigenvalue weighted by Crippen LogP contribution is -2.24. The van der Waals surface area contributed by atoms with Crippen LogP contribution in [-0.4, -0.2) is 31.3 Å². The second-order valence-electron chi connectivity index (χ2n) is 8.00. The van der Waals surface area contributed by atoms with Crippen molar-refractivity contribution in [2.75, 3.05) is 5.32 Å². The lowest BCUT2D eigenvalue weighted by atomic mass is 10.2. The van der Waals surface area contributed by atoms with E-state index in [-0.39, 0.29) is 29.8 Å². The molecule has 1 aromatic carbocycles. The Hall–Kier alpha value is -3.21. The summed E-state index contributed by atoms with van der Waals surface area (Å²) in [4.78, 5) is 20.3. The summed E-state index contributed by atoms with van der Waals surface area (Å²) in [5.74, 6) is -1.61. The SMILES string of the molecule is CC(C)(C)OC(=O)CCn1nc(Nc2ccc(F)c(C(F)(F)F)c2)nc1-c1ccnc(Cl)c1. The molecule has 0 atom stereocenters. The van der Waals surface area contributed by atoms with Crippen molar-refractivity contribution in [3.05, 3.63) is 53.1 Å². The lowest BCUT2D eigenvalue weighted by Gasteiger charge is -2.19. The number of nitrogens with one attached hydrogen (secondary N) is 1. The molecule has 176 valence electrons. The van der Waals surface area contributed by atoms with Crippen molar-refractivity contribution in [3.63, 3.8) is 0 Å². The van der Waals surface area contributed by atoms with E-state index in [0.29, 0.717) is 23.5 Å². The minimum atomic E-state index is -4.86. The Kier molecular flexibility index (Phi) is 6.92. The molecule has 2 heterocycles. The zero-order chi connectivity index (χ0) is 24.4. The van der Waals surface area contributed by atoms with Crippen LogP contribution in [0.5, 0.6) is 0 Å². The molecule has 0 amide bonds. The third-order valence-electron chi connectivity index (χ3n) is 4.13. The van der Waals surface area contributed by atoms with Gasteiger partial charge in [0.05, 0.1) is 18.5 Å². The highest BCUT2D eigenvalue weighted by Gasteiger charge is 2.34. The lowest BCUT2D eigenvalue weighted by molar-refractivity contribution is -0.155. The molecular formula is C21H20ClF4N5O2. The van der Waals surface area contributed by atoms with Crippen LogP contribution in [0.3, 0.4) is 0 Å². The summed E-state index contributed by atoms with van der Waals surface area (Å²) in [7, 11) is 0. The van der Waals surface area contributed by atoms with Crippen LogP contribution >= 0.6 is 11.6 Å². The predicted molar refractivity (Wildman–Crippen MR) is 113 cm³/mol. The fourth-order valence-corrected chi connectivity index (χ4v) is 3.02. The Labute approximate surface area is 191 Å². The van der Waals surface area contributed by atoms with Crippen molar-refractivity contribution in [2.45, 2.75) is 45.5 Å². The van der Waals surface area contributed by atoms with E-state index in [9.17, 15) is 22.4 Å². The molecule has 3 aromatic rings. The molecule has 12 heteroatoms. The summed E-state index contributed by atoms with van der Waals surface area (Å²) in [6.45, 7) is 5.30. The van der Waals surface area contributed by atoms with E-state index in [2.05, 4.69) is 20.4 Å². The number of pyridine rings is 1. The van der Waals surface area contributed by atoms with Gasteiger partial charge >= 0.3 is 12.1 Å². The number of nitrogens with zero attached hydrogens (tertiary/aromatic N) is 4. The molecule has 0 aliphatic carbocycles. The maximum absolute atomic E-state index is 13.6. The molecule has 0 radical (unpaired) electrons. The average molecular weight is 486 g/mol. The first kappa shape index (κ1) is 24.4. The molecule has 0 unspecified atom stereocenters. The molecular weight excluding hydrogens is 466 g/mol. The largest absolute Gasteiger partial charge is 0.460 e. The van der Waals surface area contributed by atoms with E-state index < -0.39 is 29.1 Å².